The molecule has 1 heterocycles. The second-order valence-corrected chi connectivity index (χ2v) is 8.00. The number of nitrogens with zero attached hydrogens (tertiary/aromatic N) is 1. The Kier molecular flexibility index (Phi) is 9.02. The number of carbonyl (C=O) groups excluding carboxylic acids is 3. The zero-order valence-corrected chi connectivity index (χ0v) is 20.5. The second kappa shape index (κ2) is 12.4. The molecule has 182 valence electrons. The van der Waals surface area contributed by atoms with Gasteiger partial charge in [0.05, 0.1) is 30.6 Å². The van der Waals surface area contributed by atoms with Gasteiger partial charge in [0.2, 0.25) is 0 Å². The minimum atomic E-state index is -0.932. The SMILES string of the molecule is COc1cc(/C=N\NC(=O)C(=O)NCc2ccco2)cc(Br)c1OCC(=O)Nc1ccccc1C. The monoisotopic (exact) mass is 542 g/mol. The highest BCUT2D eigenvalue weighted by Crippen LogP contribution is 2.36. The van der Waals surface area contributed by atoms with E-state index in [9.17, 15) is 14.4 Å². The van der Waals surface area contributed by atoms with Gasteiger partial charge in [-0.25, -0.2) is 5.43 Å². The smallest absolute Gasteiger partial charge is 0.329 e. The van der Waals surface area contributed by atoms with Crippen LogP contribution in [0.1, 0.15) is 16.9 Å². The maximum atomic E-state index is 12.3. The van der Waals surface area contributed by atoms with Crippen molar-refractivity contribution >= 4 is 45.6 Å². The molecule has 0 atom stereocenters. The van der Waals surface area contributed by atoms with Crippen LogP contribution in [0.3, 0.4) is 0 Å². The molecule has 3 N–H and O–H groups in total. The first kappa shape index (κ1) is 25.5. The van der Waals surface area contributed by atoms with Gasteiger partial charge in [-0.05, 0) is 64.3 Å². The number of methoxy groups -OCH3 is 1. The number of hydrazone groups is 1. The van der Waals surface area contributed by atoms with E-state index >= 15 is 0 Å². The van der Waals surface area contributed by atoms with Crippen molar-refractivity contribution in [2.45, 2.75) is 13.5 Å². The highest BCUT2D eigenvalue weighted by molar-refractivity contribution is 9.10. The van der Waals surface area contributed by atoms with Gasteiger partial charge < -0.3 is 24.5 Å². The molecule has 3 rings (SSSR count). The molecule has 0 bridgehead atoms. The van der Waals surface area contributed by atoms with Crippen molar-refractivity contribution in [3.05, 3.63) is 76.2 Å². The number of carbonyl (C=O) groups is 3. The van der Waals surface area contributed by atoms with Crippen molar-refractivity contribution in [1.29, 1.82) is 0 Å². The van der Waals surface area contributed by atoms with E-state index in [0.29, 0.717) is 33.0 Å². The molecule has 0 unspecified atom stereocenters. The fourth-order valence-electron chi connectivity index (χ4n) is 2.87. The number of rotatable bonds is 9. The summed E-state index contributed by atoms with van der Waals surface area (Å²) in [5.74, 6) is -0.935. The molecule has 1 aromatic heterocycles. The molecule has 3 aromatic rings. The highest BCUT2D eigenvalue weighted by atomic mass is 79.9. The summed E-state index contributed by atoms with van der Waals surface area (Å²) in [6.45, 7) is 1.74. The molecule has 0 aliphatic heterocycles. The summed E-state index contributed by atoms with van der Waals surface area (Å²) in [6.07, 6.45) is 2.80. The molecule has 0 saturated carbocycles. The van der Waals surface area contributed by atoms with Crippen LogP contribution in [-0.4, -0.2) is 37.7 Å². The largest absolute Gasteiger partial charge is 0.493 e. The van der Waals surface area contributed by atoms with Gasteiger partial charge in [0, 0.05) is 5.69 Å². The van der Waals surface area contributed by atoms with Crippen LogP contribution in [0.15, 0.2) is 68.8 Å². The lowest BCUT2D eigenvalue weighted by molar-refractivity contribution is -0.139. The van der Waals surface area contributed by atoms with Gasteiger partial charge in [-0.3, -0.25) is 14.4 Å². The van der Waals surface area contributed by atoms with Crippen LogP contribution >= 0.6 is 15.9 Å². The van der Waals surface area contributed by atoms with Crippen molar-refractivity contribution in [2.75, 3.05) is 19.0 Å². The molecule has 3 amide bonds. The van der Waals surface area contributed by atoms with Crippen LogP contribution in [0, 0.1) is 6.92 Å². The maximum Gasteiger partial charge on any atom is 0.329 e. The van der Waals surface area contributed by atoms with Gasteiger partial charge >= 0.3 is 11.8 Å². The van der Waals surface area contributed by atoms with E-state index in [1.165, 1.54) is 19.6 Å². The van der Waals surface area contributed by atoms with Crippen LogP contribution < -0.4 is 25.5 Å². The topological polar surface area (TPSA) is 131 Å². The van der Waals surface area contributed by atoms with Crippen molar-refractivity contribution in [2.24, 2.45) is 5.10 Å². The number of hydrogen-bond acceptors (Lipinski definition) is 7. The average molecular weight is 543 g/mol. The van der Waals surface area contributed by atoms with E-state index in [1.807, 2.05) is 25.1 Å². The van der Waals surface area contributed by atoms with Crippen molar-refractivity contribution in [1.82, 2.24) is 10.7 Å². The molecule has 0 aliphatic carbocycles. The molecule has 10 nitrogen and oxygen atoms in total. The van der Waals surface area contributed by atoms with Gasteiger partial charge in [0.1, 0.15) is 5.76 Å². The molecular weight excluding hydrogens is 520 g/mol. The average Bonchev–Trinajstić information content (AvgIpc) is 3.36. The lowest BCUT2D eigenvalue weighted by atomic mass is 10.2. The third-order valence-corrected chi connectivity index (χ3v) is 5.20. The summed E-state index contributed by atoms with van der Waals surface area (Å²) in [7, 11) is 1.45. The summed E-state index contributed by atoms with van der Waals surface area (Å²) in [5, 5.41) is 9.00. The minimum absolute atomic E-state index is 0.0809. The summed E-state index contributed by atoms with van der Waals surface area (Å²) in [6, 6.07) is 14.0. The molecular formula is C24H23BrN4O6. The van der Waals surface area contributed by atoms with Crippen molar-refractivity contribution in [3.63, 3.8) is 0 Å². The van der Waals surface area contributed by atoms with E-state index in [1.54, 1.807) is 30.3 Å². The van der Waals surface area contributed by atoms with Gasteiger partial charge in [0.25, 0.3) is 5.91 Å². The van der Waals surface area contributed by atoms with Crippen LogP contribution in [0.2, 0.25) is 0 Å². The number of ether oxygens (including phenoxy) is 2. The zero-order valence-electron chi connectivity index (χ0n) is 19.0. The van der Waals surface area contributed by atoms with Crippen LogP contribution in [0.25, 0.3) is 0 Å². The number of amides is 3. The quantitative estimate of drug-likeness (QED) is 0.216. The summed E-state index contributed by atoms with van der Waals surface area (Å²) in [5.41, 5.74) is 4.33. The molecule has 11 heteroatoms. The Morgan fingerprint density at radius 3 is 2.63 bits per heavy atom. The summed E-state index contributed by atoms with van der Waals surface area (Å²) < 4.78 is 16.6. The van der Waals surface area contributed by atoms with Gasteiger partial charge in [-0.1, -0.05) is 18.2 Å². The molecule has 0 saturated heterocycles. The normalized spacial score (nSPS) is 10.6. The number of anilines is 1. The van der Waals surface area contributed by atoms with Crippen molar-refractivity contribution in [3.8, 4) is 11.5 Å². The van der Waals surface area contributed by atoms with E-state index in [0.717, 1.165) is 5.56 Å². The number of hydrogen-bond donors (Lipinski definition) is 3. The molecule has 0 radical (unpaired) electrons. The molecule has 2 aromatic carbocycles. The lowest BCUT2D eigenvalue weighted by Crippen LogP contribution is -2.37. The maximum absolute atomic E-state index is 12.3. The molecule has 35 heavy (non-hydrogen) atoms. The highest BCUT2D eigenvalue weighted by Gasteiger charge is 2.15. The number of halogens is 1. The molecule has 0 aliphatic rings. The van der Waals surface area contributed by atoms with Crippen molar-refractivity contribution < 1.29 is 28.3 Å². The van der Waals surface area contributed by atoms with Crippen LogP contribution in [0.5, 0.6) is 11.5 Å². The first-order valence-electron chi connectivity index (χ1n) is 10.4. The van der Waals surface area contributed by atoms with Crippen LogP contribution in [-0.2, 0) is 20.9 Å². The Balaban J connectivity index is 1.55. The van der Waals surface area contributed by atoms with Gasteiger partial charge in [0.15, 0.2) is 18.1 Å². The fourth-order valence-corrected chi connectivity index (χ4v) is 3.44. The van der Waals surface area contributed by atoms with Gasteiger partial charge in [-0.2, -0.15) is 5.10 Å². The Bertz CT molecular complexity index is 1230. The van der Waals surface area contributed by atoms with E-state index < -0.39 is 11.8 Å². The molecule has 0 spiro atoms. The number of furan rings is 1. The van der Waals surface area contributed by atoms with E-state index in [-0.39, 0.29) is 19.1 Å². The second-order valence-electron chi connectivity index (χ2n) is 7.15. The minimum Gasteiger partial charge on any atom is -0.493 e. The van der Waals surface area contributed by atoms with E-state index in [2.05, 4.69) is 37.1 Å². The van der Waals surface area contributed by atoms with E-state index in [4.69, 9.17) is 13.9 Å². The number of aryl methyl sites for hydroxylation is 1. The summed E-state index contributed by atoms with van der Waals surface area (Å²) in [4.78, 5) is 36.0. The number of para-hydroxylation sites is 1. The van der Waals surface area contributed by atoms with Gasteiger partial charge in [-0.15, -0.1) is 0 Å². The predicted octanol–water partition coefficient (Wildman–Crippen LogP) is 3.14. The fraction of sp³-hybridized carbons (Fsp3) is 0.167. The Morgan fingerprint density at radius 1 is 1.11 bits per heavy atom. The van der Waals surface area contributed by atoms with Crippen LogP contribution in [0.4, 0.5) is 5.69 Å². The number of nitrogens with one attached hydrogen (secondary N) is 3. The third-order valence-electron chi connectivity index (χ3n) is 4.61. The Morgan fingerprint density at radius 2 is 1.91 bits per heavy atom. The zero-order chi connectivity index (χ0) is 25.2. The number of benzene rings is 2. The molecule has 0 fully saturated rings. The third kappa shape index (κ3) is 7.44. The first-order valence-corrected chi connectivity index (χ1v) is 11.2. The standard InChI is InChI=1S/C24H23BrN4O6/c1-15-6-3-4-8-19(15)28-21(30)14-35-22-18(25)10-16(11-20(22)33-2)12-27-29-24(32)23(31)26-13-17-7-5-9-34-17/h3-12H,13-14H2,1-2H3,(H,26,31)(H,28,30)(H,29,32)/b27-12-. The Hall–Kier alpha value is -4.12. The Labute approximate surface area is 209 Å². The summed E-state index contributed by atoms with van der Waals surface area (Å²) >= 11 is 3.39. The first-order chi connectivity index (χ1) is 16.9. The predicted molar refractivity (Wildman–Crippen MR) is 132 cm³/mol. The lowest BCUT2D eigenvalue weighted by Gasteiger charge is -2.14.